The average Bonchev–Trinajstić information content (AvgIpc) is 2.50. The summed E-state index contributed by atoms with van der Waals surface area (Å²) < 4.78 is 0. The predicted octanol–water partition coefficient (Wildman–Crippen LogP) is 2.70. The Morgan fingerprint density at radius 2 is 1.90 bits per heavy atom. The van der Waals surface area contributed by atoms with Gasteiger partial charge in [-0.25, -0.2) is 0 Å². The summed E-state index contributed by atoms with van der Waals surface area (Å²) in [5.74, 6) is 0.693. The largest absolute Gasteiger partial charge is 0.372 e. The van der Waals surface area contributed by atoms with Crippen LogP contribution < -0.4 is 10.6 Å². The summed E-state index contributed by atoms with van der Waals surface area (Å²) in [6.07, 6.45) is 2.59. The fraction of sp³-hybridized carbons (Fsp3) is 0.647. The van der Waals surface area contributed by atoms with Gasteiger partial charge in [0, 0.05) is 31.9 Å². The normalized spacial score (nSPS) is 20.1. The zero-order valence-electron chi connectivity index (χ0n) is 13.0. The molecule has 112 valence electrons. The number of likely N-dealkylation sites (tertiary alicyclic amines) is 1. The Hall–Kier alpha value is -1.06. The summed E-state index contributed by atoms with van der Waals surface area (Å²) in [6, 6.07) is 9.07. The number of nitrogens with two attached hydrogens (primary N) is 1. The fourth-order valence-electron chi connectivity index (χ4n) is 3.15. The number of hydrogen-bond donors (Lipinski definition) is 1. The molecule has 3 nitrogen and oxygen atoms in total. The van der Waals surface area contributed by atoms with Gasteiger partial charge in [-0.15, -0.1) is 0 Å². The molecular formula is C17H29N3. The van der Waals surface area contributed by atoms with Gasteiger partial charge >= 0.3 is 0 Å². The van der Waals surface area contributed by atoms with E-state index in [4.69, 9.17) is 5.73 Å². The van der Waals surface area contributed by atoms with Gasteiger partial charge in [-0.05, 0) is 63.4 Å². The third kappa shape index (κ3) is 3.97. The first-order valence-electron chi connectivity index (χ1n) is 8.03. The van der Waals surface area contributed by atoms with E-state index in [0.717, 1.165) is 32.7 Å². The molecule has 1 atom stereocenters. The van der Waals surface area contributed by atoms with E-state index < -0.39 is 0 Å². The summed E-state index contributed by atoms with van der Waals surface area (Å²) in [5, 5.41) is 0. The van der Waals surface area contributed by atoms with Crippen LogP contribution in [0.15, 0.2) is 24.3 Å². The molecule has 1 fully saturated rings. The van der Waals surface area contributed by atoms with E-state index in [-0.39, 0.29) is 0 Å². The molecule has 0 amide bonds. The minimum absolute atomic E-state index is 0.693. The van der Waals surface area contributed by atoms with Crippen LogP contribution >= 0.6 is 0 Å². The van der Waals surface area contributed by atoms with Crippen molar-refractivity contribution in [2.75, 3.05) is 37.6 Å². The van der Waals surface area contributed by atoms with E-state index >= 15 is 0 Å². The second-order valence-corrected chi connectivity index (χ2v) is 5.82. The van der Waals surface area contributed by atoms with Crippen LogP contribution in [0.4, 0.5) is 5.69 Å². The maximum atomic E-state index is 5.81. The standard InChI is InChI=1S/C17H29N3/c1-3-20(4-2)17-9-7-15(8-10-17)13-19-11-5-6-16(12-18)14-19/h7-10,16H,3-6,11-14,18H2,1-2H3. The highest BCUT2D eigenvalue weighted by molar-refractivity contribution is 5.47. The summed E-state index contributed by atoms with van der Waals surface area (Å²) in [6.45, 7) is 10.8. The summed E-state index contributed by atoms with van der Waals surface area (Å²) in [7, 11) is 0. The number of nitrogens with zero attached hydrogens (tertiary/aromatic N) is 2. The zero-order valence-corrected chi connectivity index (χ0v) is 13.0. The van der Waals surface area contributed by atoms with E-state index in [0.29, 0.717) is 5.92 Å². The molecule has 0 aromatic heterocycles. The van der Waals surface area contributed by atoms with E-state index in [2.05, 4.69) is 47.9 Å². The number of benzene rings is 1. The topological polar surface area (TPSA) is 32.5 Å². The molecule has 1 aliphatic heterocycles. The molecule has 3 heteroatoms. The van der Waals surface area contributed by atoms with Gasteiger partial charge < -0.3 is 10.6 Å². The number of anilines is 1. The third-order valence-corrected chi connectivity index (χ3v) is 4.41. The minimum atomic E-state index is 0.693. The van der Waals surface area contributed by atoms with Gasteiger partial charge in [0.05, 0.1) is 0 Å². The second-order valence-electron chi connectivity index (χ2n) is 5.82. The Labute approximate surface area is 123 Å². The molecule has 1 aromatic carbocycles. The lowest BCUT2D eigenvalue weighted by molar-refractivity contribution is 0.171. The molecule has 2 rings (SSSR count). The Balaban J connectivity index is 1.93. The Morgan fingerprint density at radius 1 is 1.20 bits per heavy atom. The molecule has 0 saturated carbocycles. The predicted molar refractivity (Wildman–Crippen MR) is 87.1 cm³/mol. The van der Waals surface area contributed by atoms with Gasteiger partial charge in [0.15, 0.2) is 0 Å². The molecule has 0 spiro atoms. The highest BCUT2D eigenvalue weighted by Crippen LogP contribution is 2.20. The summed E-state index contributed by atoms with van der Waals surface area (Å²) in [4.78, 5) is 4.93. The molecular weight excluding hydrogens is 246 g/mol. The molecule has 1 unspecified atom stereocenters. The minimum Gasteiger partial charge on any atom is -0.372 e. The van der Waals surface area contributed by atoms with E-state index in [1.54, 1.807) is 0 Å². The van der Waals surface area contributed by atoms with Gasteiger partial charge in [-0.3, -0.25) is 4.90 Å². The van der Waals surface area contributed by atoms with E-state index in [1.807, 2.05) is 0 Å². The van der Waals surface area contributed by atoms with Crippen LogP contribution in [0, 0.1) is 5.92 Å². The van der Waals surface area contributed by atoms with Crippen molar-refractivity contribution in [2.24, 2.45) is 11.7 Å². The van der Waals surface area contributed by atoms with E-state index in [1.165, 1.54) is 30.6 Å². The van der Waals surface area contributed by atoms with Gasteiger partial charge in [0.1, 0.15) is 0 Å². The lowest BCUT2D eigenvalue weighted by Gasteiger charge is -2.32. The van der Waals surface area contributed by atoms with Crippen molar-refractivity contribution in [3.8, 4) is 0 Å². The second kappa shape index (κ2) is 7.65. The molecule has 2 N–H and O–H groups in total. The third-order valence-electron chi connectivity index (χ3n) is 4.41. The maximum absolute atomic E-state index is 5.81. The Kier molecular flexibility index (Phi) is 5.86. The van der Waals surface area contributed by atoms with Crippen LogP contribution in [0.25, 0.3) is 0 Å². The van der Waals surface area contributed by atoms with Crippen LogP contribution in [-0.2, 0) is 6.54 Å². The molecule has 0 radical (unpaired) electrons. The molecule has 1 aliphatic rings. The molecule has 1 saturated heterocycles. The molecule has 0 aliphatic carbocycles. The highest BCUT2D eigenvalue weighted by atomic mass is 15.1. The fourth-order valence-corrected chi connectivity index (χ4v) is 3.15. The Bertz CT molecular complexity index is 384. The molecule has 1 heterocycles. The van der Waals surface area contributed by atoms with Crippen molar-refractivity contribution in [1.29, 1.82) is 0 Å². The summed E-state index contributed by atoms with van der Waals surface area (Å²) >= 11 is 0. The number of piperidine rings is 1. The van der Waals surface area contributed by atoms with Crippen molar-refractivity contribution < 1.29 is 0 Å². The monoisotopic (exact) mass is 275 g/mol. The van der Waals surface area contributed by atoms with Crippen molar-refractivity contribution in [2.45, 2.75) is 33.2 Å². The lowest BCUT2D eigenvalue weighted by atomic mass is 9.98. The van der Waals surface area contributed by atoms with Gasteiger partial charge in [0.2, 0.25) is 0 Å². The first-order valence-corrected chi connectivity index (χ1v) is 8.03. The van der Waals surface area contributed by atoms with Crippen LogP contribution in [0.2, 0.25) is 0 Å². The van der Waals surface area contributed by atoms with Gasteiger partial charge in [0.25, 0.3) is 0 Å². The molecule has 0 bridgehead atoms. The lowest BCUT2D eigenvalue weighted by Crippen LogP contribution is -2.37. The van der Waals surface area contributed by atoms with Crippen molar-refractivity contribution >= 4 is 5.69 Å². The first kappa shape index (κ1) is 15.3. The summed E-state index contributed by atoms with van der Waals surface area (Å²) in [5.41, 5.74) is 8.56. The zero-order chi connectivity index (χ0) is 14.4. The quantitative estimate of drug-likeness (QED) is 0.866. The van der Waals surface area contributed by atoms with Crippen LogP contribution in [0.1, 0.15) is 32.3 Å². The van der Waals surface area contributed by atoms with Crippen LogP contribution in [0.3, 0.4) is 0 Å². The van der Waals surface area contributed by atoms with Crippen molar-refractivity contribution in [3.63, 3.8) is 0 Å². The maximum Gasteiger partial charge on any atom is 0.0366 e. The SMILES string of the molecule is CCN(CC)c1ccc(CN2CCCC(CN)C2)cc1. The Morgan fingerprint density at radius 3 is 2.50 bits per heavy atom. The number of rotatable bonds is 6. The van der Waals surface area contributed by atoms with Crippen molar-refractivity contribution in [1.82, 2.24) is 4.90 Å². The van der Waals surface area contributed by atoms with Gasteiger partial charge in [-0.2, -0.15) is 0 Å². The average molecular weight is 275 g/mol. The first-order chi connectivity index (χ1) is 9.76. The van der Waals surface area contributed by atoms with E-state index in [9.17, 15) is 0 Å². The number of hydrogen-bond acceptors (Lipinski definition) is 3. The van der Waals surface area contributed by atoms with Crippen LogP contribution in [0.5, 0.6) is 0 Å². The molecule has 1 aromatic rings. The highest BCUT2D eigenvalue weighted by Gasteiger charge is 2.18. The van der Waals surface area contributed by atoms with Crippen molar-refractivity contribution in [3.05, 3.63) is 29.8 Å². The van der Waals surface area contributed by atoms with Gasteiger partial charge in [-0.1, -0.05) is 12.1 Å². The van der Waals surface area contributed by atoms with Crippen LogP contribution in [-0.4, -0.2) is 37.6 Å². The smallest absolute Gasteiger partial charge is 0.0366 e. The molecule has 20 heavy (non-hydrogen) atoms.